The molecule has 1 saturated heterocycles. The number of amides is 1. The predicted molar refractivity (Wildman–Crippen MR) is 111 cm³/mol. The summed E-state index contributed by atoms with van der Waals surface area (Å²) in [6.07, 6.45) is 1.64. The Kier molecular flexibility index (Phi) is 7.96. The molecule has 0 unspecified atom stereocenters. The molecule has 1 aliphatic rings. The van der Waals surface area contributed by atoms with E-state index >= 15 is 0 Å². The summed E-state index contributed by atoms with van der Waals surface area (Å²) in [5.41, 5.74) is 7.49. The molecule has 0 saturated carbocycles. The monoisotopic (exact) mass is 406 g/mol. The van der Waals surface area contributed by atoms with Crippen LogP contribution in [0, 0.1) is 0 Å². The molecule has 152 valence electrons. The van der Waals surface area contributed by atoms with Gasteiger partial charge in [-0.05, 0) is 30.5 Å². The van der Waals surface area contributed by atoms with Crippen molar-refractivity contribution in [1.82, 2.24) is 4.90 Å². The Balaban J connectivity index is 0.00000280. The fourth-order valence-corrected chi connectivity index (χ4v) is 3.16. The van der Waals surface area contributed by atoms with Crippen LogP contribution < -0.4 is 19.9 Å². The number of piperidine rings is 1. The zero-order chi connectivity index (χ0) is 19.2. The third-order valence-electron chi connectivity index (χ3n) is 4.76. The second kappa shape index (κ2) is 10.2. The number of nitrogens with zero attached hydrogens (tertiary/aromatic N) is 1. The van der Waals surface area contributed by atoms with Crippen molar-refractivity contribution in [2.24, 2.45) is 5.73 Å². The average Bonchev–Trinajstić information content (AvgIpc) is 2.72. The number of hydrogen-bond donors (Lipinski definition) is 1. The van der Waals surface area contributed by atoms with Crippen LogP contribution in [0.5, 0.6) is 17.2 Å². The maximum atomic E-state index is 12.9. The van der Waals surface area contributed by atoms with Gasteiger partial charge < -0.3 is 24.8 Å². The molecule has 2 aromatic rings. The fraction of sp³-hybridized carbons (Fsp3) is 0.381. The van der Waals surface area contributed by atoms with Crippen molar-refractivity contribution < 1.29 is 19.0 Å². The summed E-state index contributed by atoms with van der Waals surface area (Å²) >= 11 is 0. The van der Waals surface area contributed by atoms with E-state index in [1.165, 1.54) is 0 Å². The maximum absolute atomic E-state index is 12.9. The quantitative estimate of drug-likeness (QED) is 0.796. The smallest absolute Gasteiger partial charge is 0.254 e. The van der Waals surface area contributed by atoms with E-state index in [9.17, 15) is 4.79 Å². The van der Waals surface area contributed by atoms with Crippen molar-refractivity contribution >= 4 is 18.3 Å². The van der Waals surface area contributed by atoms with E-state index in [0.29, 0.717) is 42.5 Å². The molecule has 1 amide bonds. The third kappa shape index (κ3) is 5.09. The lowest BCUT2D eigenvalue weighted by atomic mass is 10.0. The molecule has 1 fully saturated rings. The van der Waals surface area contributed by atoms with Crippen molar-refractivity contribution in [3.8, 4) is 17.2 Å². The molecular formula is C21H27ClN2O4. The molecule has 1 aliphatic heterocycles. The largest absolute Gasteiger partial charge is 0.493 e. The van der Waals surface area contributed by atoms with Crippen LogP contribution in [0.15, 0.2) is 42.5 Å². The molecule has 6 nitrogen and oxygen atoms in total. The number of carbonyl (C=O) groups excluding carboxylic acids is 1. The first-order chi connectivity index (χ1) is 13.1. The van der Waals surface area contributed by atoms with Crippen molar-refractivity contribution in [3.63, 3.8) is 0 Å². The Morgan fingerprint density at radius 2 is 1.64 bits per heavy atom. The topological polar surface area (TPSA) is 74.0 Å². The number of benzene rings is 2. The van der Waals surface area contributed by atoms with Crippen LogP contribution in [0.3, 0.4) is 0 Å². The van der Waals surface area contributed by atoms with E-state index in [4.69, 9.17) is 19.9 Å². The number of ether oxygens (including phenoxy) is 3. The second-order valence-corrected chi connectivity index (χ2v) is 6.61. The van der Waals surface area contributed by atoms with Gasteiger partial charge in [-0.1, -0.05) is 30.3 Å². The van der Waals surface area contributed by atoms with Gasteiger partial charge in [0.1, 0.15) is 6.61 Å². The number of halogens is 1. The first kappa shape index (κ1) is 21.9. The lowest BCUT2D eigenvalue weighted by molar-refractivity contribution is 0.0714. The Hall–Kier alpha value is -2.44. The van der Waals surface area contributed by atoms with Crippen molar-refractivity contribution in [2.45, 2.75) is 25.5 Å². The van der Waals surface area contributed by atoms with Gasteiger partial charge in [-0.15, -0.1) is 12.4 Å². The van der Waals surface area contributed by atoms with E-state index in [2.05, 4.69) is 0 Å². The minimum absolute atomic E-state index is 0. The molecule has 1 heterocycles. The van der Waals surface area contributed by atoms with Crippen molar-refractivity contribution in [1.29, 1.82) is 0 Å². The molecule has 0 aromatic heterocycles. The zero-order valence-electron chi connectivity index (χ0n) is 16.2. The van der Waals surface area contributed by atoms with Gasteiger partial charge in [-0.3, -0.25) is 4.79 Å². The van der Waals surface area contributed by atoms with Crippen LogP contribution in [-0.2, 0) is 6.61 Å². The molecule has 0 aliphatic carbocycles. The highest BCUT2D eigenvalue weighted by Crippen LogP contribution is 2.39. The van der Waals surface area contributed by atoms with E-state index in [1.807, 2.05) is 35.2 Å². The number of hydrogen-bond acceptors (Lipinski definition) is 5. The molecule has 0 bridgehead atoms. The first-order valence-electron chi connectivity index (χ1n) is 9.10. The molecule has 0 radical (unpaired) electrons. The van der Waals surface area contributed by atoms with Crippen molar-refractivity contribution in [2.75, 3.05) is 27.3 Å². The number of likely N-dealkylation sites (tertiary alicyclic amines) is 1. The summed E-state index contributed by atoms with van der Waals surface area (Å²) in [6, 6.07) is 13.4. The van der Waals surface area contributed by atoms with Gasteiger partial charge in [0.15, 0.2) is 11.5 Å². The van der Waals surface area contributed by atoms with Gasteiger partial charge in [-0.2, -0.15) is 0 Å². The van der Waals surface area contributed by atoms with Crippen LogP contribution in [0.2, 0.25) is 0 Å². The van der Waals surface area contributed by atoms with Gasteiger partial charge in [0.2, 0.25) is 5.75 Å². The summed E-state index contributed by atoms with van der Waals surface area (Å²) in [6.45, 7) is 1.71. The Morgan fingerprint density at radius 3 is 2.18 bits per heavy atom. The van der Waals surface area contributed by atoms with Crippen LogP contribution in [-0.4, -0.2) is 44.2 Å². The predicted octanol–water partition coefficient (Wildman–Crippen LogP) is 3.27. The number of carbonyl (C=O) groups is 1. The van der Waals surface area contributed by atoms with E-state index in [-0.39, 0.29) is 24.4 Å². The zero-order valence-corrected chi connectivity index (χ0v) is 17.0. The Bertz CT molecular complexity index is 752. The molecule has 2 aromatic carbocycles. The molecule has 28 heavy (non-hydrogen) atoms. The molecule has 7 heteroatoms. The highest BCUT2D eigenvalue weighted by atomic mass is 35.5. The first-order valence-corrected chi connectivity index (χ1v) is 9.10. The van der Waals surface area contributed by atoms with Gasteiger partial charge in [0.05, 0.1) is 14.2 Å². The summed E-state index contributed by atoms with van der Waals surface area (Å²) in [5.74, 6) is 1.39. The highest BCUT2D eigenvalue weighted by molar-refractivity contribution is 5.95. The van der Waals surface area contributed by atoms with Crippen LogP contribution in [0.4, 0.5) is 0 Å². The minimum Gasteiger partial charge on any atom is -0.493 e. The number of nitrogens with two attached hydrogens (primary N) is 1. The minimum atomic E-state index is -0.0480. The molecule has 0 spiro atoms. The van der Waals surface area contributed by atoms with Crippen LogP contribution in [0.25, 0.3) is 0 Å². The molecular weight excluding hydrogens is 380 g/mol. The summed E-state index contributed by atoms with van der Waals surface area (Å²) < 4.78 is 16.9. The van der Waals surface area contributed by atoms with Crippen LogP contribution >= 0.6 is 12.4 Å². The lowest BCUT2D eigenvalue weighted by Crippen LogP contribution is -2.42. The highest BCUT2D eigenvalue weighted by Gasteiger charge is 2.24. The van der Waals surface area contributed by atoms with E-state index in [0.717, 1.165) is 18.4 Å². The van der Waals surface area contributed by atoms with Gasteiger partial charge in [0.25, 0.3) is 5.91 Å². The second-order valence-electron chi connectivity index (χ2n) is 6.61. The van der Waals surface area contributed by atoms with Gasteiger partial charge in [0, 0.05) is 24.7 Å². The summed E-state index contributed by atoms with van der Waals surface area (Å²) in [7, 11) is 3.11. The SMILES string of the molecule is COc1cc(C(=O)N2CCC(N)CC2)cc(OC)c1OCc1ccccc1.Cl. The fourth-order valence-electron chi connectivity index (χ4n) is 3.16. The number of methoxy groups -OCH3 is 2. The molecule has 3 rings (SSSR count). The van der Waals surface area contributed by atoms with E-state index < -0.39 is 0 Å². The molecule has 2 N–H and O–H groups in total. The van der Waals surface area contributed by atoms with Crippen LogP contribution in [0.1, 0.15) is 28.8 Å². The maximum Gasteiger partial charge on any atom is 0.254 e. The standard InChI is InChI=1S/C21H26N2O4.ClH/c1-25-18-12-16(21(24)23-10-8-17(22)9-11-23)13-19(26-2)20(18)27-14-15-6-4-3-5-7-15;/h3-7,12-13,17H,8-11,14,22H2,1-2H3;1H. The Morgan fingerprint density at radius 1 is 1.07 bits per heavy atom. The van der Waals surface area contributed by atoms with Crippen molar-refractivity contribution in [3.05, 3.63) is 53.6 Å². The summed E-state index contributed by atoms with van der Waals surface area (Å²) in [4.78, 5) is 14.7. The number of rotatable bonds is 6. The molecule has 0 atom stereocenters. The van der Waals surface area contributed by atoms with Gasteiger partial charge in [-0.25, -0.2) is 0 Å². The van der Waals surface area contributed by atoms with Gasteiger partial charge >= 0.3 is 0 Å². The Labute approximate surface area is 172 Å². The third-order valence-corrected chi connectivity index (χ3v) is 4.76. The summed E-state index contributed by atoms with van der Waals surface area (Å²) in [5, 5.41) is 0. The average molecular weight is 407 g/mol. The lowest BCUT2D eigenvalue weighted by Gasteiger charge is -2.30. The van der Waals surface area contributed by atoms with E-state index in [1.54, 1.807) is 26.4 Å². The normalized spacial score (nSPS) is 14.2.